The molecule has 2 heterocycles. The number of ether oxygens (including phenoxy) is 1. The Morgan fingerprint density at radius 1 is 1.29 bits per heavy atom. The Balaban J connectivity index is 1.62. The predicted molar refractivity (Wildman–Crippen MR) is 110 cm³/mol. The van der Waals surface area contributed by atoms with E-state index in [0.717, 1.165) is 4.88 Å². The van der Waals surface area contributed by atoms with Crippen molar-refractivity contribution in [3.05, 3.63) is 79.5 Å². The fourth-order valence-electron chi connectivity index (χ4n) is 3.05. The average molecular weight is 446 g/mol. The van der Waals surface area contributed by atoms with Gasteiger partial charge in [-0.1, -0.05) is 18.2 Å². The number of nitrogens with one attached hydrogen (secondary N) is 1. The molecule has 0 saturated heterocycles. The normalized spacial score (nSPS) is 11.7. The molecule has 1 amide bonds. The van der Waals surface area contributed by atoms with E-state index in [2.05, 4.69) is 10.4 Å². The van der Waals surface area contributed by atoms with E-state index >= 15 is 0 Å². The van der Waals surface area contributed by atoms with Crippen LogP contribution in [0.5, 0.6) is 0 Å². The summed E-state index contributed by atoms with van der Waals surface area (Å²) in [5.74, 6) is -1.70. The van der Waals surface area contributed by atoms with Crippen LogP contribution < -0.4 is 5.32 Å². The highest BCUT2D eigenvalue weighted by atomic mass is 32.1. The Morgan fingerprint density at radius 2 is 2.00 bits per heavy atom. The zero-order valence-corrected chi connectivity index (χ0v) is 17.5. The number of aromatic nitrogens is 2. The number of rotatable bonds is 8. The molecule has 1 atom stereocenters. The Kier molecular flexibility index (Phi) is 6.75. The van der Waals surface area contributed by atoms with Crippen LogP contribution in [0.2, 0.25) is 0 Å². The number of carbonyl (C=O) groups is 2. The van der Waals surface area contributed by atoms with E-state index in [9.17, 15) is 24.1 Å². The second kappa shape index (κ2) is 9.47. The molecule has 0 spiro atoms. The van der Waals surface area contributed by atoms with Crippen molar-refractivity contribution in [1.29, 1.82) is 0 Å². The fraction of sp³-hybridized carbons (Fsp3) is 0.250. The van der Waals surface area contributed by atoms with Gasteiger partial charge in [-0.2, -0.15) is 5.10 Å². The molecule has 2 aromatic heterocycles. The Hall–Kier alpha value is -3.60. The molecule has 1 aromatic carbocycles. The topological polar surface area (TPSA) is 116 Å². The lowest BCUT2D eigenvalue weighted by molar-refractivity contribution is -0.386. The molecule has 0 fully saturated rings. The summed E-state index contributed by atoms with van der Waals surface area (Å²) in [6.45, 7) is 2.05. The molecule has 162 valence electrons. The van der Waals surface area contributed by atoms with Crippen molar-refractivity contribution in [2.24, 2.45) is 0 Å². The largest absolute Gasteiger partial charge is 0.454 e. The lowest BCUT2D eigenvalue weighted by atomic mass is 10.1. The summed E-state index contributed by atoms with van der Waals surface area (Å²) >= 11 is 1.42. The van der Waals surface area contributed by atoms with Gasteiger partial charge in [0.15, 0.2) is 6.61 Å². The van der Waals surface area contributed by atoms with Crippen molar-refractivity contribution in [2.75, 3.05) is 6.61 Å². The molecule has 1 unspecified atom stereocenters. The molecule has 31 heavy (non-hydrogen) atoms. The first-order valence-electron chi connectivity index (χ1n) is 9.18. The summed E-state index contributed by atoms with van der Waals surface area (Å²) in [6.07, 6.45) is 0. The molecule has 3 aromatic rings. The number of halogens is 1. The van der Waals surface area contributed by atoms with Gasteiger partial charge in [0.05, 0.1) is 11.0 Å². The number of thiophene rings is 1. The minimum Gasteiger partial charge on any atom is -0.454 e. The molecular formula is C20H19FN4O5S. The molecule has 0 aliphatic carbocycles. The third-order valence-corrected chi connectivity index (χ3v) is 5.44. The molecule has 3 rings (SSSR count). The number of hydrogen-bond donors (Lipinski definition) is 1. The van der Waals surface area contributed by atoms with Gasteiger partial charge in [0.1, 0.15) is 23.7 Å². The number of hydrogen-bond acceptors (Lipinski definition) is 7. The van der Waals surface area contributed by atoms with Gasteiger partial charge >= 0.3 is 11.7 Å². The van der Waals surface area contributed by atoms with Crippen LogP contribution in [0.4, 0.5) is 10.1 Å². The summed E-state index contributed by atoms with van der Waals surface area (Å²) in [4.78, 5) is 35.8. The van der Waals surface area contributed by atoms with Gasteiger partial charge < -0.3 is 10.1 Å². The van der Waals surface area contributed by atoms with Crippen molar-refractivity contribution < 1.29 is 23.6 Å². The van der Waals surface area contributed by atoms with Crippen LogP contribution in [0.1, 0.15) is 27.9 Å². The standard InChI is InChI=1S/C20H19FN4O5S/c1-12-20(25(28)29)13(2)24(23-12)10-18(27)30-11-17(26)22-19(16-4-3-9-31-16)14-5-7-15(21)8-6-14/h3-9,19H,10-11H2,1-2H3,(H,22,26). The van der Waals surface area contributed by atoms with E-state index in [1.165, 1.54) is 42.0 Å². The van der Waals surface area contributed by atoms with Crippen molar-refractivity contribution in [3.63, 3.8) is 0 Å². The number of aryl methyl sites for hydroxylation is 1. The molecule has 0 radical (unpaired) electrons. The van der Waals surface area contributed by atoms with Gasteiger partial charge in [-0.05, 0) is 43.0 Å². The van der Waals surface area contributed by atoms with Crippen LogP contribution in [0.15, 0.2) is 41.8 Å². The van der Waals surface area contributed by atoms with Gasteiger partial charge in [-0.25, -0.2) is 4.39 Å². The first-order chi connectivity index (χ1) is 14.8. The van der Waals surface area contributed by atoms with Crippen molar-refractivity contribution >= 4 is 28.9 Å². The number of nitrogens with zero attached hydrogens (tertiary/aromatic N) is 3. The van der Waals surface area contributed by atoms with E-state index in [-0.39, 0.29) is 23.6 Å². The first kappa shape index (κ1) is 22.1. The SMILES string of the molecule is Cc1nn(CC(=O)OCC(=O)NC(c2ccc(F)cc2)c2cccs2)c(C)c1[N+](=O)[O-]. The maximum absolute atomic E-state index is 13.3. The van der Waals surface area contributed by atoms with E-state index in [0.29, 0.717) is 5.56 Å². The summed E-state index contributed by atoms with van der Waals surface area (Å²) in [5.41, 5.74) is 0.922. The zero-order valence-electron chi connectivity index (χ0n) is 16.7. The first-order valence-corrected chi connectivity index (χ1v) is 10.1. The van der Waals surface area contributed by atoms with Crippen molar-refractivity contribution in [2.45, 2.75) is 26.4 Å². The van der Waals surface area contributed by atoms with E-state index in [1.54, 1.807) is 12.1 Å². The minimum absolute atomic E-state index is 0.163. The third-order valence-electron chi connectivity index (χ3n) is 4.51. The summed E-state index contributed by atoms with van der Waals surface area (Å²) < 4.78 is 19.4. The van der Waals surface area contributed by atoms with Crippen LogP contribution >= 0.6 is 11.3 Å². The highest BCUT2D eigenvalue weighted by Crippen LogP contribution is 2.26. The Labute approximate surface area is 180 Å². The van der Waals surface area contributed by atoms with Gasteiger partial charge in [-0.3, -0.25) is 24.4 Å². The maximum Gasteiger partial charge on any atom is 0.328 e. The summed E-state index contributed by atoms with van der Waals surface area (Å²) in [6, 6.07) is 8.89. The highest BCUT2D eigenvalue weighted by Gasteiger charge is 2.24. The smallest absolute Gasteiger partial charge is 0.328 e. The predicted octanol–water partition coefficient (Wildman–Crippen LogP) is 3.06. The second-order valence-electron chi connectivity index (χ2n) is 6.66. The zero-order chi connectivity index (χ0) is 22.5. The van der Waals surface area contributed by atoms with Crippen LogP contribution in [-0.2, 0) is 20.9 Å². The van der Waals surface area contributed by atoms with Crippen LogP contribution in [0.3, 0.4) is 0 Å². The lowest BCUT2D eigenvalue weighted by Gasteiger charge is -2.18. The average Bonchev–Trinajstić information content (AvgIpc) is 3.33. The lowest BCUT2D eigenvalue weighted by Crippen LogP contribution is -2.33. The van der Waals surface area contributed by atoms with Crippen LogP contribution in [0.25, 0.3) is 0 Å². The van der Waals surface area contributed by atoms with E-state index in [1.807, 2.05) is 17.5 Å². The minimum atomic E-state index is -0.759. The number of nitro groups is 1. The summed E-state index contributed by atoms with van der Waals surface area (Å²) in [5, 5.41) is 19.7. The quantitative estimate of drug-likeness (QED) is 0.323. The number of benzene rings is 1. The fourth-order valence-corrected chi connectivity index (χ4v) is 3.85. The molecule has 0 saturated carbocycles. The molecule has 11 heteroatoms. The second-order valence-corrected chi connectivity index (χ2v) is 7.64. The van der Waals surface area contributed by atoms with Crippen LogP contribution in [0, 0.1) is 29.8 Å². The van der Waals surface area contributed by atoms with Crippen LogP contribution in [-0.4, -0.2) is 33.2 Å². The molecular weight excluding hydrogens is 427 g/mol. The van der Waals surface area contributed by atoms with Crippen molar-refractivity contribution in [1.82, 2.24) is 15.1 Å². The van der Waals surface area contributed by atoms with Crippen molar-refractivity contribution in [3.8, 4) is 0 Å². The molecule has 1 N–H and O–H groups in total. The van der Waals surface area contributed by atoms with Gasteiger partial charge in [0.25, 0.3) is 5.91 Å². The molecule has 0 aliphatic rings. The third kappa shape index (κ3) is 5.31. The number of esters is 1. The Morgan fingerprint density at radius 3 is 2.58 bits per heavy atom. The number of amides is 1. The van der Waals surface area contributed by atoms with Gasteiger partial charge in [0.2, 0.25) is 0 Å². The van der Waals surface area contributed by atoms with Gasteiger partial charge in [-0.15, -0.1) is 11.3 Å². The molecule has 9 nitrogen and oxygen atoms in total. The highest BCUT2D eigenvalue weighted by molar-refractivity contribution is 7.10. The monoisotopic (exact) mass is 446 g/mol. The molecule has 0 aliphatic heterocycles. The Bertz CT molecular complexity index is 1100. The summed E-state index contributed by atoms with van der Waals surface area (Å²) in [7, 11) is 0. The van der Waals surface area contributed by atoms with E-state index < -0.39 is 35.3 Å². The maximum atomic E-state index is 13.3. The van der Waals surface area contributed by atoms with E-state index in [4.69, 9.17) is 4.74 Å². The number of carbonyl (C=O) groups excluding carboxylic acids is 2. The van der Waals surface area contributed by atoms with Gasteiger partial charge in [0, 0.05) is 4.88 Å². The molecule has 0 bridgehead atoms.